The number of hydrogen-bond acceptors (Lipinski definition) is 6. The van der Waals surface area contributed by atoms with Crippen molar-refractivity contribution in [2.45, 2.75) is 6.42 Å². The Balaban J connectivity index is 1.46. The molecule has 4 aromatic heterocycles. The molecule has 116 valence electrons. The van der Waals surface area contributed by atoms with E-state index >= 15 is 0 Å². The van der Waals surface area contributed by atoms with E-state index in [2.05, 4.69) is 15.4 Å². The molecule has 4 rings (SSSR count). The lowest BCUT2D eigenvalue weighted by molar-refractivity contribution is 0.0926. The average Bonchev–Trinajstić information content (AvgIpc) is 3.32. The molecule has 0 aliphatic rings. The van der Waals surface area contributed by atoms with Gasteiger partial charge in [-0.3, -0.25) is 4.79 Å². The molecule has 0 radical (unpaired) electrons. The third-order valence-corrected chi connectivity index (χ3v) is 5.03. The number of thiophene rings is 1. The fourth-order valence-electron chi connectivity index (χ4n) is 2.21. The van der Waals surface area contributed by atoms with Crippen LogP contribution in [0.5, 0.6) is 0 Å². The van der Waals surface area contributed by atoms with Crippen molar-refractivity contribution in [2.24, 2.45) is 0 Å². The third kappa shape index (κ3) is 2.78. The number of nitrogens with zero attached hydrogens (tertiary/aromatic N) is 3. The first kappa shape index (κ1) is 14.2. The molecule has 0 atom stereocenters. The van der Waals surface area contributed by atoms with Gasteiger partial charge in [0.05, 0.1) is 16.8 Å². The lowest BCUT2D eigenvalue weighted by atomic mass is 10.3. The third-order valence-electron chi connectivity index (χ3n) is 3.30. The van der Waals surface area contributed by atoms with E-state index < -0.39 is 0 Å². The van der Waals surface area contributed by atoms with Crippen molar-refractivity contribution >= 4 is 33.5 Å². The zero-order valence-electron chi connectivity index (χ0n) is 11.9. The second-order valence-electron chi connectivity index (χ2n) is 4.82. The summed E-state index contributed by atoms with van der Waals surface area (Å²) in [6, 6.07) is 7.33. The van der Waals surface area contributed by atoms with Gasteiger partial charge < -0.3 is 9.73 Å². The Kier molecular flexibility index (Phi) is 3.68. The van der Waals surface area contributed by atoms with Gasteiger partial charge in [-0.1, -0.05) is 6.07 Å². The highest BCUT2D eigenvalue weighted by molar-refractivity contribution is 7.15. The maximum atomic E-state index is 11.8. The van der Waals surface area contributed by atoms with E-state index in [0.29, 0.717) is 18.7 Å². The van der Waals surface area contributed by atoms with E-state index in [4.69, 9.17) is 4.42 Å². The summed E-state index contributed by atoms with van der Waals surface area (Å²) in [4.78, 5) is 18.3. The summed E-state index contributed by atoms with van der Waals surface area (Å²) in [5.41, 5.74) is 1.03. The summed E-state index contributed by atoms with van der Waals surface area (Å²) in [6.07, 6.45) is 2.17. The van der Waals surface area contributed by atoms with Crippen LogP contribution in [0.1, 0.15) is 16.2 Å². The highest BCUT2D eigenvalue weighted by Gasteiger charge is 2.13. The molecule has 23 heavy (non-hydrogen) atoms. The number of carbonyl (C=O) groups excluding carboxylic acids is 1. The van der Waals surface area contributed by atoms with Crippen LogP contribution < -0.4 is 5.32 Å². The molecule has 0 unspecified atom stereocenters. The number of thiazole rings is 1. The monoisotopic (exact) mass is 344 g/mol. The number of hydrogen-bond donors (Lipinski definition) is 1. The second-order valence-corrected chi connectivity index (χ2v) is 6.60. The van der Waals surface area contributed by atoms with Gasteiger partial charge >= 0.3 is 0 Å². The van der Waals surface area contributed by atoms with Crippen molar-refractivity contribution in [3.63, 3.8) is 0 Å². The van der Waals surface area contributed by atoms with Crippen LogP contribution >= 0.6 is 22.7 Å². The molecule has 1 N–H and O–H groups in total. The van der Waals surface area contributed by atoms with E-state index in [1.54, 1.807) is 34.8 Å². The van der Waals surface area contributed by atoms with Crippen LogP contribution in [0.3, 0.4) is 0 Å². The minimum absolute atomic E-state index is 0.209. The van der Waals surface area contributed by atoms with Gasteiger partial charge in [0.25, 0.3) is 5.91 Å². The molecule has 4 aromatic rings. The predicted molar refractivity (Wildman–Crippen MR) is 88.9 cm³/mol. The normalized spacial score (nSPS) is 11.1. The van der Waals surface area contributed by atoms with Gasteiger partial charge in [0, 0.05) is 18.3 Å². The first-order chi connectivity index (χ1) is 11.3. The van der Waals surface area contributed by atoms with Crippen LogP contribution in [0, 0.1) is 0 Å². The molecule has 0 spiro atoms. The smallest absolute Gasteiger partial charge is 0.286 e. The number of aromatic nitrogens is 3. The van der Waals surface area contributed by atoms with Crippen molar-refractivity contribution in [3.05, 3.63) is 52.7 Å². The molecule has 0 aromatic carbocycles. The summed E-state index contributed by atoms with van der Waals surface area (Å²) in [5, 5.41) is 11.4. The van der Waals surface area contributed by atoms with Crippen molar-refractivity contribution < 1.29 is 9.21 Å². The first-order valence-electron chi connectivity index (χ1n) is 7.00. The summed E-state index contributed by atoms with van der Waals surface area (Å²) >= 11 is 3.17. The number of furan rings is 1. The zero-order chi connectivity index (χ0) is 15.6. The number of rotatable bonds is 5. The molecule has 0 aliphatic carbocycles. The fraction of sp³-hybridized carbons (Fsp3) is 0.133. The van der Waals surface area contributed by atoms with Gasteiger partial charge in [0.15, 0.2) is 11.6 Å². The Morgan fingerprint density at radius 3 is 3.04 bits per heavy atom. The molecule has 0 saturated carbocycles. The minimum Gasteiger partial charge on any atom is -0.459 e. The zero-order valence-corrected chi connectivity index (χ0v) is 13.6. The van der Waals surface area contributed by atoms with Crippen LogP contribution in [-0.4, -0.2) is 27.0 Å². The lowest BCUT2D eigenvalue weighted by Gasteiger charge is -2.02. The van der Waals surface area contributed by atoms with Crippen LogP contribution in [0.25, 0.3) is 15.7 Å². The van der Waals surface area contributed by atoms with E-state index in [-0.39, 0.29) is 5.91 Å². The predicted octanol–water partition coefficient (Wildman–Crippen LogP) is 3.08. The summed E-state index contributed by atoms with van der Waals surface area (Å²) in [6.45, 7) is 0.513. The highest BCUT2D eigenvalue weighted by atomic mass is 32.1. The fourth-order valence-corrected chi connectivity index (χ4v) is 3.71. The number of amides is 1. The number of carbonyl (C=O) groups is 1. The summed E-state index contributed by atoms with van der Waals surface area (Å²) in [7, 11) is 0. The van der Waals surface area contributed by atoms with Gasteiger partial charge in [0.2, 0.25) is 4.96 Å². The van der Waals surface area contributed by atoms with Crippen molar-refractivity contribution in [1.82, 2.24) is 19.9 Å². The molecule has 4 heterocycles. The van der Waals surface area contributed by atoms with Gasteiger partial charge in [0.1, 0.15) is 0 Å². The van der Waals surface area contributed by atoms with Crippen LogP contribution in [0.2, 0.25) is 0 Å². The standard InChI is InChI=1S/C15H12N4O2S2/c20-14(11-3-1-7-21-11)16-6-5-10-9-23-15-17-13(18-19(10)15)12-4-2-8-22-12/h1-4,7-9H,5-6H2,(H,16,20). The quantitative estimate of drug-likeness (QED) is 0.604. The summed E-state index contributed by atoms with van der Waals surface area (Å²) in [5.74, 6) is 0.855. The maximum Gasteiger partial charge on any atom is 0.286 e. The van der Waals surface area contributed by atoms with E-state index in [9.17, 15) is 4.79 Å². The van der Waals surface area contributed by atoms with Gasteiger partial charge in [-0.15, -0.1) is 27.8 Å². The van der Waals surface area contributed by atoms with Crippen LogP contribution in [-0.2, 0) is 6.42 Å². The Morgan fingerprint density at radius 1 is 1.30 bits per heavy atom. The maximum absolute atomic E-state index is 11.8. The topological polar surface area (TPSA) is 72.4 Å². The van der Waals surface area contributed by atoms with E-state index in [1.165, 1.54) is 6.26 Å². The largest absolute Gasteiger partial charge is 0.459 e. The molecule has 6 nitrogen and oxygen atoms in total. The molecular formula is C15H12N4O2S2. The van der Waals surface area contributed by atoms with E-state index in [0.717, 1.165) is 21.4 Å². The van der Waals surface area contributed by atoms with Crippen molar-refractivity contribution in [2.75, 3.05) is 6.54 Å². The highest BCUT2D eigenvalue weighted by Crippen LogP contribution is 2.24. The Labute approximate surface area is 139 Å². The number of fused-ring (bicyclic) bond motifs is 1. The Hall–Kier alpha value is -2.45. The van der Waals surface area contributed by atoms with Crippen LogP contribution in [0.4, 0.5) is 0 Å². The van der Waals surface area contributed by atoms with Crippen molar-refractivity contribution in [3.8, 4) is 10.7 Å². The summed E-state index contributed by atoms with van der Waals surface area (Å²) < 4.78 is 6.91. The van der Waals surface area contributed by atoms with Crippen LogP contribution in [0.15, 0.2) is 45.7 Å². The van der Waals surface area contributed by atoms with Gasteiger partial charge in [-0.05, 0) is 23.6 Å². The van der Waals surface area contributed by atoms with Gasteiger partial charge in [-0.2, -0.15) is 4.98 Å². The molecular weight excluding hydrogens is 332 g/mol. The first-order valence-corrected chi connectivity index (χ1v) is 8.76. The Morgan fingerprint density at radius 2 is 2.26 bits per heavy atom. The molecule has 0 saturated heterocycles. The molecule has 0 aliphatic heterocycles. The van der Waals surface area contributed by atoms with Gasteiger partial charge in [-0.25, -0.2) is 4.52 Å². The lowest BCUT2D eigenvalue weighted by Crippen LogP contribution is -2.25. The number of nitrogens with one attached hydrogen (secondary N) is 1. The molecule has 8 heteroatoms. The molecule has 0 bridgehead atoms. The second kappa shape index (κ2) is 5.98. The van der Waals surface area contributed by atoms with E-state index in [1.807, 2.05) is 27.4 Å². The minimum atomic E-state index is -0.209. The Bertz CT molecular complexity index is 922. The average molecular weight is 344 g/mol. The SMILES string of the molecule is O=C(NCCc1csc2nc(-c3cccs3)nn12)c1ccco1. The molecule has 1 amide bonds. The molecule has 0 fully saturated rings. The van der Waals surface area contributed by atoms with Crippen molar-refractivity contribution in [1.29, 1.82) is 0 Å².